The third-order valence-corrected chi connectivity index (χ3v) is 2.96. The zero-order chi connectivity index (χ0) is 14.5. The Morgan fingerprint density at radius 2 is 2.35 bits per heavy atom. The van der Waals surface area contributed by atoms with Crippen molar-refractivity contribution in [1.29, 1.82) is 0 Å². The largest absolute Gasteiger partial charge is 0.471 e. The Kier molecular flexibility index (Phi) is 4.52. The quantitative estimate of drug-likeness (QED) is 0.481. The lowest BCUT2D eigenvalue weighted by Crippen LogP contribution is -2.22. The number of nitrogens with zero attached hydrogens (tertiary/aromatic N) is 1. The van der Waals surface area contributed by atoms with Crippen LogP contribution in [0, 0.1) is 10.1 Å². The highest BCUT2D eigenvalue weighted by molar-refractivity contribution is 5.77. The van der Waals surface area contributed by atoms with Crippen LogP contribution in [-0.4, -0.2) is 30.1 Å². The molecule has 1 aromatic carbocycles. The molecule has 20 heavy (non-hydrogen) atoms. The molecular formula is C13H16N2O5. The van der Waals surface area contributed by atoms with Gasteiger partial charge >= 0.3 is 11.7 Å². The van der Waals surface area contributed by atoms with Gasteiger partial charge in [-0.05, 0) is 18.2 Å². The molecule has 0 aromatic heterocycles. The van der Waals surface area contributed by atoms with E-state index in [1.165, 1.54) is 6.07 Å². The van der Waals surface area contributed by atoms with Gasteiger partial charge in [-0.3, -0.25) is 10.1 Å². The van der Waals surface area contributed by atoms with Crippen LogP contribution < -0.4 is 10.1 Å². The van der Waals surface area contributed by atoms with Crippen LogP contribution in [0.25, 0.3) is 0 Å². The standard InChI is InChI=1S/C13H16N2O5/c1-2-14-8-9-3-4-10(15(17)18)12(7-9)20-11-5-6-19-13(11)16/h3-4,7,11,14H,2,5-6,8H2,1H3. The number of nitro groups is 1. The Morgan fingerprint density at radius 1 is 1.55 bits per heavy atom. The van der Waals surface area contributed by atoms with Crippen LogP contribution in [0.5, 0.6) is 5.75 Å². The summed E-state index contributed by atoms with van der Waals surface area (Å²) in [6.45, 7) is 3.63. The number of rotatable bonds is 6. The number of cyclic esters (lactones) is 1. The molecule has 7 nitrogen and oxygen atoms in total. The second kappa shape index (κ2) is 6.33. The van der Waals surface area contributed by atoms with Gasteiger partial charge < -0.3 is 14.8 Å². The number of ether oxygens (including phenoxy) is 2. The van der Waals surface area contributed by atoms with Gasteiger partial charge in [-0.1, -0.05) is 13.0 Å². The molecule has 0 amide bonds. The molecule has 0 bridgehead atoms. The molecule has 0 radical (unpaired) electrons. The molecular weight excluding hydrogens is 264 g/mol. The molecule has 1 heterocycles. The van der Waals surface area contributed by atoms with E-state index in [4.69, 9.17) is 9.47 Å². The summed E-state index contributed by atoms with van der Waals surface area (Å²) in [4.78, 5) is 21.9. The van der Waals surface area contributed by atoms with Crippen LogP contribution in [0.1, 0.15) is 18.9 Å². The highest BCUT2D eigenvalue weighted by atomic mass is 16.6. The number of nitrogens with one attached hydrogen (secondary N) is 1. The zero-order valence-electron chi connectivity index (χ0n) is 11.1. The lowest BCUT2D eigenvalue weighted by Gasteiger charge is -2.11. The van der Waals surface area contributed by atoms with Crippen LogP contribution in [0.3, 0.4) is 0 Å². The van der Waals surface area contributed by atoms with Crippen molar-refractivity contribution >= 4 is 11.7 Å². The average Bonchev–Trinajstić information content (AvgIpc) is 2.82. The number of hydrogen-bond acceptors (Lipinski definition) is 6. The van der Waals surface area contributed by atoms with Gasteiger partial charge in [0.15, 0.2) is 11.9 Å². The molecule has 1 fully saturated rings. The highest BCUT2D eigenvalue weighted by Crippen LogP contribution is 2.30. The molecule has 1 aromatic rings. The van der Waals surface area contributed by atoms with Crippen molar-refractivity contribution in [3.8, 4) is 5.75 Å². The minimum atomic E-state index is -0.761. The summed E-state index contributed by atoms with van der Waals surface area (Å²) in [7, 11) is 0. The maximum atomic E-state index is 11.4. The Balaban J connectivity index is 2.22. The van der Waals surface area contributed by atoms with E-state index in [0.717, 1.165) is 12.1 Å². The number of carbonyl (C=O) groups is 1. The lowest BCUT2D eigenvalue weighted by atomic mass is 10.2. The number of esters is 1. The second-order valence-corrected chi connectivity index (χ2v) is 4.40. The minimum Gasteiger partial charge on any atom is -0.471 e. The van der Waals surface area contributed by atoms with E-state index in [0.29, 0.717) is 13.0 Å². The van der Waals surface area contributed by atoms with E-state index in [1.807, 2.05) is 6.92 Å². The molecule has 1 unspecified atom stereocenters. The van der Waals surface area contributed by atoms with Gasteiger partial charge in [0, 0.05) is 19.0 Å². The molecule has 0 spiro atoms. The first-order valence-electron chi connectivity index (χ1n) is 6.43. The van der Waals surface area contributed by atoms with Crippen LogP contribution >= 0.6 is 0 Å². The van der Waals surface area contributed by atoms with Gasteiger partial charge in [-0.2, -0.15) is 0 Å². The van der Waals surface area contributed by atoms with Crippen LogP contribution in [0.4, 0.5) is 5.69 Å². The van der Waals surface area contributed by atoms with Crippen molar-refractivity contribution in [3.05, 3.63) is 33.9 Å². The predicted molar refractivity (Wildman–Crippen MR) is 70.5 cm³/mol. The first kappa shape index (κ1) is 14.3. The van der Waals surface area contributed by atoms with Gasteiger partial charge in [-0.15, -0.1) is 0 Å². The molecule has 1 saturated heterocycles. The van der Waals surface area contributed by atoms with E-state index in [-0.39, 0.29) is 18.0 Å². The monoisotopic (exact) mass is 280 g/mol. The van der Waals surface area contributed by atoms with Crippen LogP contribution in [-0.2, 0) is 16.1 Å². The van der Waals surface area contributed by atoms with E-state index in [2.05, 4.69) is 5.32 Å². The van der Waals surface area contributed by atoms with Crippen molar-refractivity contribution < 1.29 is 19.2 Å². The topological polar surface area (TPSA) is 90.7 Å². The molecule has 1 aliphatic rings. The van der Waals surface area contributed by atoms with E-state index in [9.17, 15) is 14.9 Å². The summed E-state index contributed by atoms with van der Waals surface area (Å²) in [6.07, 6.45) is -0.351. The molecule has 1 aliphatic heterocycles. The fourth-order valence-electron chi connectivity index (χ4n) is 1.92. The van der Waals surface area contributed by atoms with Crippen molar-refractivity contribution in [2.45, 2.75) is 26.0 Å². The lowest BCUT2D eigenvalue weighted by molar-refractivity contribution is -0.386. The summed E-state index contributed by atoms with van der Waals surface area (Å²) in [6, 6.07) is 4.65. The highest BCUT2D eigenvalue weighted by Gasteiger charge is 2.30. The first-order chi connectivity index (χ1) is 9.61. The van der Waals surface area contributed by atoms with Crippen LogP contribution in [0.2, 0.25) is 0 Å². The maximum Gasteiger partial charge on any atom is 0.347 e. The molecule has 7 heteroatoms. The Labute approximate surface area is 116 Å². The van der Waals surface area contributed by atoms with E-state index in [1.54, 1.807) is 12.1 Å². The zero-order valence-corrected chi connectivity index (χ0v) is 11.1. The number of nitro benzene ring substituents is 1. The third kappa shape index (κ3) is 3.24. The van der Waals surface area contributed by atoms with Gasteiger partial charge in [0.05, 0.1) is 11.5 Å². The number of carbonyl (C=O) groups excluding carboxylic acids is 1. The normalized spacial score (nSPS) is 17.9. The fraction of sp³-hybridized carbons (Fsp3) is 0.462. The summed E-state index contributed by atoms with van der Waals surface area (Å²) in [5.74, 6) is -0.370. The first-order valence-corrected chi connectivity index (χ1v) is 6.43. The molecule has 0 saturated carbocycles. The average molecular weight is 280 g/mol. The minimum absolute atomic E-state index is 0.106. The van der Waals surface area contributed by atoms with E-state index < -0.39 is 17.0 Å². The predicted octanol–water partition coefficient (Wildman–Crippen LogP) is 1.40. The Hall–Kier alpha value is -2.15. The Bertz CT molecular complexity index is 517. The van der Waals surface area contributed by atoms with Gasteiger partial charge in [0.2, 0.25) is 0 Å². The van der Waals surface area contributed by atoms with E-state index >= 15 is 0 Å². The summed E-state index contributed by atoms with van der Waals surface area (Å²) >= 11 is 0. The third-order valence-electron chi connectivity index (χ3n) is 2.96. The maximum absolute atomic E-state index is 11.4. The SMILES string of the molecule is CCNCc1ccc([N+](=O)[O-])c(OC2CCOC2=O)c1. The molecule has 0 aliphatic carbocycles. The molecule has 1 N–H and O–H groups in total. The number of benzene rings is 1. The summed E-state index contributed by atoms with van der Waals surface area (Å²) < 4.78 is 10.2. The molecule has 1 atom stereocenters. The summed E-state index contributed by atoms with van der Waals surface area (Å²) in [5.41, 5.74) is 0.712. The van der Waals surface area contributed by atoms with Gasteiger partial charge in [0.1, 0.15) is 0 Å². The van der Waals surface area contributed by atoms with Crippen molar-refractivity contribution in [2.24, 2.45) is 0 Å². The summed E-state index contributed by atoms with van der Waals surface area (Å²) in [5, 5.41) is 14.1. The van der Waals surface area contributed by atoms with Crippen molar-refractivity contribution in [1.82, 2.24) is 5.32 Å². The van der Waals surface area contributed by atoms with Gasteiger partial charge in [0.25, 0.3) is 0 Å². The van der Waals surface area contributed by atoms with Crippen molar-refractivity contribution in [2.75, 3.05) is 13.2 Å². The number of hydrogen-bond donors (Lipinski definition) is 1. The van der Waals surface area contributed by atoms with Crippen molar-refractivity contribution in [3.63, 3.8) is 0 Å². The smallest absolute Gasteiger partial charge is 0.347 e. The fourth-order valence-corrected chi connectivity index (χ4v) is 1.92. The molecule has 108 valence electrons. The van der Waals surface area contributed by atoms with Gasteiger partial charge in [-0.25, -0.2) is 4.79 Å². The Morgan fingerprint density at radius 3 is 2.95 bits per heavy atom. The van der Waals surface area contributed by atoms with Crippen LogP contribution in [0.15, 0.2) is 18.2 Å². The second-order valence-electron chi connectivity index (χ2n) is 4.40. The molecule has 2 rings (SSSR count).